The minimum Gasteiger partial charge on any atom is -0.497 e. The Hall–Kier alpha value is -3.78. The second-order valence-corrected chi connectivity index (χ2v) is 5.76. The Morgan fingerprint density at radius 3 is 2.62 bits per heavy atom. The summed E-state index contributed by atoms with van der Waals surface area (Å²) in [6.45, 7) is 6.94. The molecular formula is C21H22N4O4. The molecule has 1 aromatic carbocycles. The summed E-state index contributed by atoms with van der Waals surface area (Å²) >= 11 is 0. The highest BCUT2D eigenvalue weighted by Crippen LogP contribution is 2.32. The van der Waals surface area contributed by atoms with Gasteiger partial charge in [0.1, 0.15) is 5.75 Å². The van der Waals surface area contributed by atoms with Gasteiger partial charge in [-0.05, 0) is 47.1 Å². The van der Waals surface area contributed by atoms with Crippen molar-refractivity contribution in [3.05, 3.63) is 84.5 Å². The monoisotopic (exact) mass is 394 g/mol. The number of carbonyl (C=O) groups is 1. The van der Waals surface area contributed by atoms with Crippen LogP contribution in [0.2, 0.25) is 0 Å². The van der Waals surface area contributed by atoms with Gasteiger partial charge in [-0.1, -0.05) is 31.4 Å². The molecular weight excluding hydrogens is 372 g/mol. The van der Waals surface area contributed by atoms with Gasteiger partial charge in [0.05, 0.1) is 25.4 Å². The largest absolute Gasteiger partial charge is 0.497 e. The van der Waals surface area contributed by atoms with Crippen molar-refractivity contribution in [1.82, 2.24) is 10.3 Å². The fraction of sp³-hybridized carbons (Fsp3) is 0.143. The van der Waals surface area contributed by atoms with Crippen LogP contribution in [0.25, 0.3) is 0 Å². The number of methoxy groups -OCH3 is 1. The number of ether oxygens (including phenoxy) is 1. The maximum atomic E-state index is 13.2. The summed E-state index contributed by atoms with van der Waals surface area (Å²) in [5.74, 6) is 0.648. The van der Waals surface area contributed by atoms with Gasteiger partial charge in [0.25, 0.3) is 0 Å². The first-order valence-electron chi connectivity index (χ1n) is 8.68. The van der Waals surface area contributed by atoms with Crippen molar-refractivity contribution in [3.8, 4) is 5.75 Å². The van der Waals surface area contributed by atoms with E-state index >= 15 is 0 Å². The van der Waals surface area contributed by atoms with Crippen LogP contribution in [-0.4, -0.2) is 35.9 Å². The summed E-state index contributed by atoms with van der Waals surface area (Å²) in [5, 5.41) is 15.4. The number of carbonyl (C=O) groups excluding carboxylic acids is 1. The molecule has 1 unspecified atom stereocenters. The zero-order chi connectivity index (χ0) is 21.2. The first kappa shape index (κ1) is 21.5. The van der Waals surface area contributed by atoms with Crippen LogP contribution in [0.1, 0.15) is 0 Å². The number of aliphatic hydroxyl groups is 1. The van der Waals surface area contributed by atoms with Crippen LogP contribution in [0.3, 0.4) is 0 Å². The quantitative estimate of drug-likeness (QED) is 0.494. The van der Waals surface area contributed by atoms with Crippen LogP contribution in [0.15, 0.2) is 84.7 Å². The molecule has 2 aromatic rings. The number of aromatic nitrogens is 1. The molecule has 0 aliphatic carbocycles. The highest BCUT2D eigenvalue weighted by Gasteiger charge is 2.25. The van der Waals surface area contributed by atoms with Crippen molar-refractivity contribution in [2.45, 2.75) is 6.04 Å². The van der Waals surface area contributed by atoms with Crippen LogP contribution in [0, 0.1) is 4.91 Å². The van der Waals surface area contributed by atoms with Gasteiger partial charge in [0.2, 0.25) is 0 Å². The smallest absolute Gasteiger partial charge is 0.328 e. The number of aliphatic hydroxyl groups excluding tert-OH is 1. The lowest BCUT2D eigenvalue weighted by molar-refractivity contribution is 0.230. The zero-order valence-corrected chi connectivity index (χ0v) is 16.0. The highest BCUT2D eigenvalue weighted by atomic mass is 16.5. The number of hydrogen-bond donors (Lipinski definition) is 2. The zero-order valence-electron chi connectivity index (χ0n) is 16.0. The van der Waals surface area contributed by atoms with E-state index in [0.717, 1.165) is 0 Å². The minimum atomic E-state index is -0.741. The average molecular weight is 394 g/mol. The first-order chi connectivity index (χ1) is 14.1. The predicted octanol–water partition coefficient (Wildman–Crippen LogP) is 4.00. The topological polar surface area (TPSA) is 104 Å². The summed E-state index contributed by atoms with van der Waals surface area (Å²) < 4.78 is 5.15. The SMILES string of the molecule is C=C/C=C(\C=C)C(CO)NC(=O)N(c1ccc(OC)cc1)c1ncccc1N=O. The highest BCUT2D eigenvalue weighted by molar-refractivity contribution is 6.01. The molecule has 0 aliphatic rings. The Morgan fingerprint density at radius 1 is 1.34 bits per heavy atom. The third kappa shape index (κ3) is 5.14. The molecule has 2 N–H and O–H groups in total. The molecule has 8 heteroatoms. The molecule has 0 saturated carbocycles. The van der Waals surface area contributed by atoms with E-state index in [1.165, 1.54) is 36.4 Å². The van der Waals surface area contributed by atoms with Gasteiger partial charge in [-0.3, -0.25) is 0 Å². The Bertz CT molecular complexity index is 909. The van der Waals surface area contributed by atoms with Gasteiger partial charge in [-0.15, -0.1) is 4.91 Å². The minimum absolute atomic E-state index is 0.00963. The molecule has 2 rings (SSSR count). The molecule has 0 radical (unpaired) electrons. The molecule has 8 nitrogen and oxygen atoms in total. The lowest BCUT2D eigenvalue weighted by Crippen LogP contribution is -2.45. The molecule has 0 bridgehead atoms. The number of hydrogen-bond acceptors (Lipinski definition) is 6. The van der Waals surface area contributed by atoms with Gasteiger partial charge in [-0.25, -0.2) is 14.7 Å². The Kier molecular flexibility index (Phi) is 7.81. The van der Waals surface area contributed by atoms with Crippen molar-refractivity contribution in [3.63, 3.8) is 0 Å². The van der Waals surface area contributed by atoms with Gasteiger partial charge >= 0.3 is 6.03 Å². The third-order valence-electron chi connectivity index (χ3n) is 4.04. The maximum absolute atomic E-state index is 13.2. The Morgan fingerprint density at radius 2 is 2.07 bits per heavy atom. The number of amides is 2. The van der Waals surface area contributed by atoms with Crippen LogP contribution >= 0.6 is 0 Å². The third-order valence-corrected chi connectivity index (χ3v) is 4.04. The van der Waals surface area contributed by atoms with Gasteiger partial charge in [-0.2, -0.15) is 0 Å². The molecule has 0 saturated heterocycles. The van der Waals surface area contributed by atoms with Crippen molar-refractivity contribution in [2.24, 2.45) is 5.18 Å². The molecule has 0 fully saturated rings. The Labute approximate surface area is 168 Å². The number of pyridine rings is 1. The standard InChI is InChI=1S/C21H22N4O4/c1-4-7-15(5-2)19(14-26)23-21(27)25(16-9-11-17(29-3)12-10-16)20-18(24-28)8-6-13-22-20/h4-13,19,26H,1-2,14H2,3H3,(H,23,27)/b15-7+. The van der Waals surface area contributed by atoms with E-state index < -0.39 is 12.1 Å². The number of urea groups is 1. The molecule has 29 heavy (non-hydrogen) atoms. The second kappa shape index (κ2) is 10.5. The number of allylic oxidation sites excluding steroid dienone is 2. The van der Waals surface area contributed by atoms with E-state index in [-0.39, 0.29) is 18.1 Å². The number of rotatable bonds is 9. The van der Waals surface area contributed by atoms with Gasteiger partial charge < -0.3 is 15.2 Å². The number of benzene rings is 1. The van der Waals surface area contributed by atoms with E-state index in [0.29, 0.717) is 17.0 Å². The average Bonchev–Trinajstić information content (AvgIpc) is 2.77. The molecule has 0 spiro atoms. The molecule has 1 atom stereocenters. The molecule has 1 aromatic heterocycles. The number of nitrogens with zero attached hydrogens (tertiary/aromatic N) is 3. The van der Waals surface area contributed by atoms with Gasteiger partial charge in [0, 0.05) is 6.20 Å². The number of nitrogens with one attached hydrogen (secondary N) is 1. The fourth-order valence-corrected chi connectivity index (χ4v) is 2.61. The van der Waals surface area contributed by atoms with Crippen molar-refractivity contribution in [2.75, 3.05) is 18.6 Å². The van der Waals surface area contributed by atoms with Crippen molar-refractivity contribution < 1.29 is 14.6 Å². The van der Waals surface area contributed by atoms with E-state index in [1.54, 1.807) is 36.4 Å². The molecule has 0 aliphatic heterocycles. The molecule has 1 heterocycles. The van der Waals surface area contributed by atoms with E-state index in [9.17, 15) is 14.8 Å². The van der Waals surface area contributed by atoms with Crippen molar-refractivity contribution >= 4 is 23.2 Å². The maximum Gasteiger partial charge on any atom is 0.328 e. The molecule has 2 amide bonds. The van der Waals surface area contributed by atoms with Crippen LogP contribution in [-0.2, 0) is 0 Å². The summed E-state index contributed by atoms with van der Waals surface area (Å²) in [5.41, 5.74) is 0.987. The number of nitroso groups, excluding NO2 is 1. The van der Waals surface area contributed by atoms with Gasteiger partial charge in [0.15, 0.2) is 11.5 Å². The van der Waals surface area contributed by atoms with Crippen LogP contribution < -0.4 is 15.0 Å². The van der Waals surface area contributed by atoms with Crippen LogP contribution in [0.5, 0.6) is 5.75 Å². The van der Waals surface area contributed by atoms with Crippen LogP contribution in [0.4, 0.5) is 22.0 Å². The van der Waals surface area contributed by atoms with E-state index in [4.69, 9.17) is 4.74 Å². The molecule has 150 valence electrons. The predicted molar refractivity (Wildman–Crippen MR) is 113 cm³/mol. The Balaban J connectivity index is 2.49. The summed E-state index contributed by atoms with van der Waals surface area (Å²) in [6, 6.07) is 8.27. The van der Waals surface area contributed by atoms with Crippen molar-refractivity contribution in [1.29, 1.82) is 0 Å². The van der Waals surface area contributed by atoms with E-state index in [2.05, 4.69) is 28.6 Å². The van der Waals surface area contributed by atoms with E-state index in [1.807, 2.05) is 0 Å². The summed E-state index contributed by atoms with van der Waals surface area (Å²) in [7, 11) is 1.53. The number of anilines is 2. The summed E-state index contributed by atoms with van der Waals surface area (Å²) in [4.78, 5) is 29.8. The summed E-state index contributed by atoms with van der Waals surface area (Å²) in [6.07, 6.45) is 6.12. The second-order valence-electron chi connectivity index (χ2n) is 5.76. The lowest BCUT2D eigenvalue weighted by atomic mass is 10.1. The normalized spacial score (nSPS) is 11.9. The lowest BCUT2D eigenvalue weighted by Gasteiger charge is -2.26. The fourth-order valence-electron chi connectivity index (χ4n) is 2.61. The first-order valence-corrected chi connectivity index (χ1v) is 8.68.